The highest BCUT2D eigenvalue weighted by atomic mass is 32.1. The van der Waals surface area contributed by atoms with Crippen LogP contribution in [-0.4, -0.2) is 42.3 Å². The molecule has 0 saturated carbocycles. The van der Waals surface area contributed by atoms with E-state index in [1.165, 1.54) is 12.8 Å². The summed E-state index contributed by atoms with van der Waals surface area (Å²) in [5, 5.41) is 6.52. The molecule has 5 rings (SSSR count). The summed E-state index contributed by atoms with van der Waals surface area (Å²) in [6.07, 6.45) is 4.27. The number of rotatable bonds is 3. The van der Waals surface area contributed by atoms with Crippen molar-refractivity contribution in [2.24, 2.45) is 0 Å². The van der Waals surface area contributed by atoms with Crippen LogP contribution in [0.3, 0.4) is 0 Å². The van der Waals surface area contributed by atoms with Gasteiger partial charge in [-0.25, -0.2) is 4.98 Å². The molecule has 2 unspecified atom stereocenters. The quantitative estimate of drug-likeness (QED) is 0.790. The summed E-state index contributed by atoms with van der Waals surface area (Å²) in [5.41, 5.74) is 2.54. The lowest BCUT2D eigenvalue weighted by molar-refractivity contribution is 0.415. The van der Waals surface area contributed by atoms with Crippen LogP contribution in [0.1, 0.15) is 12.8 Å². The first-order valence-electron chi connectivity index (χ1n) is 8.19. The average Bonchev–Trinajstić information content (AvgIpc) is 3.33. The number of nitrogens with zero attached hydrogens (tertiary/aromatic N) is 3. The van der Waals surface area contributed by atoms with Gasteiger partial charge in [-0.1, -0.05) is 0 Å². The number of nitrogens with one attached hydrogen (secondary N) is 1. The van der Waals surface area contributed by atoms with Crippen molar-refractivity contribution < 1.29 is 9.15 Å². The molecule has 1 aromatic carbocycles. The smallest absolute Gasteiger partial charge is 0.298 e. The minimum absolute atomic E-state index is 0.548. The predicted molar refractivity (Wildman–Crippen MR) is 93.8 cm³/mol. The van der Waals surface area contributed by atoms with Gasteiger partial charge in [0.25, 0.3) is 6.01 Å². The zero-order valence-corrected chi connectivity index (χ0v) is 14.2. The molecule has 0 amide bonds. The summed E-state index contributed by atoms with van der Waals surface area (Å²) >= 11 is 1.59. The molecule has 2 bridgehead atoms. The Kier molecular flexibility index (Phi) is 3.24. The van der Waals surface area contributed by atoms with Crippen molar-refractivity contribution in [1.82, 2.24) is 15.3 Å². The van der Waals surface area contributed by atoms with E-state index in [2.05, 4.69) is 15.2 Å². The first-order chi connectivity index (χ1) is 11.8. The molecule has 2 aliphatic heterocycles. The SMILES string of the molecule is COc1cc(-c2nccs2)c2oc(N3CC4CCC(C3)N4)nc2c1. The Hall–Kier alpha value is -2.12. The van der Waals surface area contributed by atoms with E-state index < -0.39 is 0 Å². The van der Waals surface area contributed by atoms with Gasteiger partial charge in [0, 0.05) is 42.8 Å². The van der Waals surface area contributed by atoms with E-state index >= 15 is 0 Å². The van der Waals surface area contributed by atoms with Crippen LogP contribution in [0.15, 0.2) is 28.1 Å². The lowest BCUT2D eigenvalue weighted by atomic mass is 10.2. The van der Waals surface area contributed by atoms with Gasteiger partial charge in [-0.05, 0) is 18.9 Å². The summed E-state index contributed by atoms with van der Waals surface area (Å²) in [6.45, 7) is 1.90. The number of thiazole rings is 1. The van der Waals surface area contributed by atoms with E-state index in [-0.39, 0.29) is 0 Å². The average molecular weight is 342 g/mol. The number of hydrogen-bond acceptors (Lipinski definition) is 7. The summed E-state index contributed by atoms with van der Waals surface area (Å²) < 4.78 is 11.6. The van der Waals surface area contributed by atoms with Crippen molar-refractivity contribution >= 4 is 28.5 Å². The van der Waals surface area contributed by atoms with Gasteiger partial charge in [0.2, 0.25) is 0 Å². The highest BCUT2D eigenvalue weighted by Crippen LogP contribution is 2.37. The van der Waals surface area contributed by atoms with E-state index in [0.717, 1.165) is 40.5 Å². The monoisotopic (exact) mass is 342 g/mol. The van der Waals surface area contributed by atoms with Crippen LogP contribution in [0.2, 0.25) is 0 Å². The van der Waals surface area contributed by atoms with Crippen molar-refractivity contribution in [1.29, 1.82) is 0 Å². The van der Waals surface area contributed by atoms with Gasteiger partial charge in [0.05, 0.1) is 12.7 Å². The third-order valence-corrected chi connectivity index (χ3v) is 5.64. The predicted octanol–water partition coefficient (Wildman–Crippen LogP) is 2.90. The molecule has 7 heteroatoms. The van der Waals surface area contributed by atoms with Gasteiger partial charge >= 0.3 is 0 Å². The van der Waals surface area contributed by atoms with Gasteiger partial charge < -0.3 is 19.4 Å². The maximum atomic E-state index is 6.18. The van der Waals surface area contributed by atoms with E-state index in [1.54, 1.807) is 24.6 Å². The Morgan fingerprint density at radius 3 is 2.83 bits per heavy atom. The molecule has 2 atom stereocenters. The zero-order chi connectivity index (χ0) is 16.1. The minimum Gasteiger partial charge on any atom is -0.497 e. The van der Waals surface area contributed by atoms with Gasteiger partial charge in [0.15, 0.2) is 5.58 Å². The number of piperazine rings is 1. The van der Waals surface area contributed by atoms with Crippen molar-refractivity contribution in [3.63, 3.8) is 0 Å². The van der Waals surface area contributed by atoms with Crippen LogP contribution in [0.4, 0.5) is 6.01 Å². The fraction of sp³-hybridized carbons (Fsp3) is 0.412. The van der Waals surface area contributed by atoms with Crippen LogP contribution in [0.5, 0.6) is 5.75 Å². The molecule has 2 aromatic heterocycles. The molecule has 2 fully saturated rings. The largest absolute Gasteiger partial charge is 0.497 e. The fourth-order valence-corrected chi connectivity index (χ4v) is 4.37. The van der Waals surface area contributed by atoms with E-state index in [4.69, 9.17) is 14.1 Å². The Morgan fingerprint density at radius 1 is 1.29 bits per heavy atom. The molecule has 2 aliphatic rings. The molecule has 3 aromatic rings. The molecular weight excluding hydrogens is 324 g/mol. The maximum absolute atomic E-state index is 6.18. The Labute approximate surface area is 143 Å². The third kappa shape index (κ3) is 2.27. The highest BCUT2D eigenvalue weighted by Gasteiger charge is 2.34. The molecule has 1 N–H and O–H groups in total. The molecule has 24 heavy (non-hydrogen) atoms. The zero-order valence-electron chi connectivity index (χ0n) is 13.4. The Morgan fingerprint density at radius 2 is 2.12 bits per heavy atom. The van der Waals surface area contributed by atoms with Crippen molar-refractivity contribution in [3.8, 4) is 16.3 Å². The summed E-state index contributed by atoms with van der Waals surface area (Å²) in [5.74, 6) is 0.771. The Bertz CT molecular complexity index is 864. The number of oxazole rings is 1. The van der Waals surface area contributed by atoms with Crippen LogP contribution in [0, 0.1) is 0 Å². The van der Waals surface area contributed by atoms with Gasteiger partial charge in [0.1, 0.15) is 16.3 Å². The molecular formula is C17H18N4O2S. The maximum Gasteiger partial charge on any atom is 0.298 e. The highest BCUT2D eigenvalue weighted by molar-refractivity contribution is 7.13. The molecule has 0 aliphatic carbocycles. The second-order valence-electron chi connectivity index (χ2n) is 6.40. The molecule has 124 valence electrons. The second kappa shape index (κ2) is 5.46. The lowest BCUT2D eigenvalue weighted by Crippen LogP contribution is -2.51. The number of benzene rings is 1. The van der Waals surface area contributed by atoms with Crippen LogP contribution in [-0.2, 0) is 0 Å². The molecule has 2 saturated heterocycles. The molecule has 6 nitrogen and oxygen atoms in total. The third-order valence-electron chi connectivity index (χ3n) is 4.84. The second-order valence-corrected chi connectivity index (χ2v) is 7.29. The van der Waals surface area contributed by atoms with Gasteiger partial charge in [-0.3, -0.25) is 0 Å². The number of aromatic nitrogens is 2. The number of hydrogen-bond donors (Lipinski definition) is 1. The topological polar surface area (TPSA) is 63.4 Å². The number of ether oxygens (including phenoxy) is 1. The number of fused-ring (bicyclic) bond motifs is 3. The first kappa shape index (κ1) is 14.2. The summed E-state index contributed by atoms with van der Waals surface area (Å²) in [7, 11) is 1.67. The van der Waals surface area contributed by atoms with Crippen LogP contribution >= 0.6 is 11.3 Å². The fourth-order valence-electron chi connectivity index (χ4n) is 3.72. The van der Waals surface area contributed by atoms with Gasteiger partial charge in [-0.15, -0.1) is 11.3 Å². The van der Waals surface area contributed by atoms with Crippen LogP contribution < -0.4 is 15.0 Å². The molecule has 0 spiro atoms. The van der Waals surface area contributed by atoms with E-state index in [0.29, 0.717) is 18.1 Å². The first-order valence-corrected chi connectivity index (χ1v) is 9.07. The minimum atomic E-state index is 0.548. The number of anilines is 1. The van der Waals surface area contributed by atoms with Crippen molar-refractivity contribution in [2.45, 2.75) is 24.9 Å². The van der Waals surface area contributed by atoms with Crippen molar-refractivity contribution in [2.75, 3.05) is 25.1 Å². The van der Waals surface area contributed by atoms with Crippen LogP contribution in [0.25, 0.3) is 21.7 Å². The number of methoxy groups -OCH3 is 1. The lowest BCUT2D eigenvalue weighted by Gasteiger charge is -2.31. The molecule has 4 heterocycles. The van der Waals surface area contributed by atoms with E-state index in [1.807, 2.05) is 17.5 Å². The summed E-state index contributed by atoms with van der Waals surface area (Å²) in [6, 6.07) is 5.70. The summed E-state index contributed by atoms with van der Waals surface area (Å²) in [4.78, 5) is 11.4. The Balaban J connectivity index is 1.61. The van der Waals surface area contributed by atoms with Gasteiger partial charge in [-0.2, -0.15) is 4.98 Å². The van der Waals surface area contributed by atoms with E-state index in [9.17, 15) is 0 Å². The standard InChI is InChI=1S/C17H18N4O2S/c1-22-12-6-13(16-18-4-5-24-16)15-14(7-12)20-17(23-15)21-8-10-2-3-11(9-21)19-10/h4-7,10-11,19H,2-3,8-9H2,1H3. The molecule has 0 radical (unpaired) electrons. The van der Waals surface area contributed by atoms with Crippen molar-refractivity contribution in [3.05, 3.63) is 23.7 Å². The normalized spacial score (nSPS) is 23.1.